The van der Waals surface area contributed by atoms with Crippen LogP contribution in [0.3, 0.4) is 0 Å². The standard InChI is InChI=1S/C16H31N3/c1-16(6-8-18(2)9-7-16)12-17-13-10-14-4-5-15(11-13)19(14)3/h13-15,17H,4-12H2,1-3H3. The summed E-state index contributed by atoms with van der Waals surface area (Å²) in [6.45, 7) is 6.26. The fraction of sp³-hybridized carbons (Fsp3) is 1.00. The molecule has 3 heterocycles. The highest BCUT2D eigenvalue weighted by Gasteiger charge is 2.39. The first-order valence-corrected chi connectivity index (χ1v) is 8.20. The number of piperidine rings is 2. The van der Waals surface area contributed by atoms with Crippen LogP contribution < -0.4 is 5.32 Å². The first-order valence-electron chi connectivity index (χ1n) is 8.20. The van der Waals surface area contributed by atoms with Crippen molar-refractivity contribution in [3.63, 3.8) is 0 Å². The van der Waals surface area contributed by atoms with Crippen molar-refractivity contribution < 1.29 is 0 Å². The third-order valence-electron chi connectivity index (χ3n) is 6.11. The summed E-state index contributed by atoms with van der Waals surface area (Å²) in [4.78, 5) is 5.10. The van der Waals surface area contributed by atoms with Gasteiger partial charge in [-0.25, -0.2) is 0 Å². The number of hydrogen-bond donors (Lipinski definition) is 1. The van der Waals surface area contributed by atoms with Gasteiger partial charge in [0.25, 0.3) is 0 Å². The molecule has 2 atom stereocenters. The average molecular weight is 265 g/mol. The van der Waals surface area contributed by atoms with Crippen molar-refractivity contribution in [2.45, 2.75) is 63.6 Å². The van der Waals surface area contributed by atoms with Gasteiger partial charge in [-0.1, -0.05) is 6.92 Å². The first-order chi connectivity index (χ1) is 9.06. The summed E-state index contributed by atoms with van der Waals surface area (Å²) in [7, 11) is 4.58. The van der Waals surface area contributed by atoms with Crippen molar-refractivity contribution in [2.75, 3.05) is 33.7 Å². The molecule has 0 aromatic rings. The van der Waals surface area contributed by atoms with Crippen LogP contribution in [0.15, 0.2) is 0 Å². The number of nitrogens with zero attached hydrogens (tertiary/aromatic N) is 2. The fourth-order valence-electron chi connectivity index (χ4n) is 4.30. The average Bonchev–Trinajstić information content (AvgIpc) is 2.64. The number of likely N-dealkylation sites (tertiary alicyclic amines) is 1. The summed E-state index contributed by atoms with van der Waals surface area (Å²) in [6.07, 6.45) is 8.33. The number of hydrogen-bond acceptors (Lipinski definition) is 3. The quantitative estimate of drug-likeness (QED) is 0.841. The molecule has 0 radical (unpaired) electrons. The predicted octanol–water partition coefficient (Wildman–Crippen LogP) is 1.93. The topological polar surface area (TPSA) is 18.5 Å². The maximum Gasteiger partial charge on any atom is 0.0111 e. The minimum absolute atomic E-state index is 0.537. The van der Waals surface area contributed by atoms with Crippen LogP contribution in [0.4, 0.5) is 0 Å². The molecule has 3 heteroatoms. The molecule has 3 rings (SSSR count). The van der Waals surface area contributed by atoms with E-state index in [0.717, 1.165) is 18.1 Å². The molecular formula is C16H31N3. The van der Waals surface area contributed by atoms with Crippen LogP contribution >= 0.6 is 0 Å². The monoisotopic (exact) mass is 265 g/mol. The summed E-state index contributed by atoms with van der Waals surface area (Å²) >= 11 is 0. The van der Waals surface area contributed by atoms with E-state index in [9.17, 15) is 0 Å². The summed E-state index contributed by atoms with van der Waals surface area (Å²) in [6, 6.07) is 2.51. The third-order valence-corrected chi connectivity index (χ3v) is 6.11. The van der Waals surface area contributed by atoms with Crippen molar-refractivity contribution in [1.29, 1.82) is 0 Å². The van der Waals surface area contributed by atoms with Crippen molar-refractivity contribution in [1.82, 2.24) is 15.1 Å². The van der Waals surface area contributed by atoms with Gasteiger partial charge >= 0.3 is 0 Å². The molecule has 110 valence electrons. The predicted molar refractivity (Wildman–Crippen MR) is 80.4 cm³/mol. The second-order valence-electron chi connectivity index (χ2n) is 7.71. The van der Waals surface area contributed by atoms with Gasteiger partial charge in [0.2, 0.25) is 0 Å². The van der Waals surface area contributed by atoms with E-state index >= 15 is 0 Å². The van der Waals surface area contributed by atoms with Crippen LogP contribution in [0.5, 0.6) is 0 Å². The molecule has 3 fully saturated rings. The second-order valence-corrected chi connectivity index (χ2v) is 7.71. The molecule has 3 nitrogen and oxygen atoms in total. The van der Waals surface area contributed by atoms with Gasteiger partial charge < -0.3 is 15.1 Å². The van der Waals surface area contributed by atoms with Gasteiger partial charge in [-0.2, -0.15) is 0 Å². The van der Waals surface area contributed by atoms with Crippen LogP contribution in [-0.2, 0) is 0 Å². The van der Waals surface area contributed by atoms with Gasteiger partial charge in [0.05, 0.1) is 0 Å². The molecule has 3 aliphatic rings. The molecule has 3 aliphatic heterocycles. The second kappa shape index (κ2) is 5.34. The minimum Gasteiger partial charge on any atom is -0.313 e. The van der Waals surface area contributed by atoms with E-state index in [1.165, 1.54) is 58.2 Å². The lowest BCUT2D eigenvalue weighted by atomic mass is 9.80. The molecule has 19 heavy (non-hydrogen) atoms. The molecule has 0 spiro atoms. The van der Waals surface area contributed by atoms with Gasteiger partial charge in [-0.3, -0.25) is 0 Å². The zero-order chi connectivity index (χ0) is 13.5. The summed E-state index contributed by atoms with van der Waals surface area (Å²) < 4.78 is 0. The van der Waals surface area contributed by atoms with Gasteiger partial charge in [-0.05, 0) is 71.1 Å². The van der Waals surface area contributed by atoms with Crippen LogP contribution in [0.1, 0.15) is 45.4 Å². The van der Waals surface area contributed by atoms with Crippen molar-refractivity contribution in [3.8, 4) is 0 Å². The lowest BCUT2D eigenvalue weighted by Crippen LogP contribution is -2.50. The van der Waals surface area contributed by atoms with Gasteiger partial charge in [-0.15, -0.1) is 0 Å². The van der Waals surface area contributed by atoms with Gasteiger partial charge in [0.1, 0.15) is 0 Å². The highest BCUT2D eigenvalue weighted by Crippen LogP contribution is 2.35. The Morgan fingerprint density at radius 3 is 2.21 bits per heavy atom. The molecule has 0 aromatic carbocycles. The molecule has 0 amide bonds. The van der Waals surface area contributed by atoms with Gasteiger partial charge in [0, 0.05) is 24.7 Å². The molecule has 0 saturated carbocycles. The molecule has 0 aliphatic carbocycles. The fourth-order valence-corrected chi connectivity index (χ4v) is 4.30. The van der Waals surface area contributed by atoms with Crippen molar-refractivity contribution >= 4 is 0 Å². The van der Waals surface area contributed by atoms with Crippen LogP contribution in [0.25, 0.3) is 0 Å². The zero-order valence-electron chi connectivity index (χ0n) is 13.0. The Labute approximate surface area is 118 Å². The highest BCUT2D eigenvalue weighted by molar-refractivity contribution is 4.96. The lowest BCUT2D eigenvalue weighted by molar-refractivity contribution is 0.112. The molecule has 3 saturated heterocycles. The van der Waals surface area contributed by atoms with E-state index in [4.69, 9.17) is 0 Å². The largest absolute Gasteiger partial charge is 0.313 e. The smallest absolute Gasteiger partial charge is 0.0111 e. The van der Waals surface area contributed by atoms with Crippen LogP contribution in [0, 0.1) is 5.41 Å². The van der Waals surface area contributed by atoms with E-state index in [1.807, 2.05) is 0 Å². The Kier molecular flexibility index (Phi) is 3.89. The molecule has 2 unspecified atom stereocenters. The Morgan fingerprint density at radius 1 is 1.05 bits per heavy atom. The molecule has 1 N–H and O–H groups in total. The van der Waals surface area contributed by atoms with E-state index in [2.05, 4.69) is 36.1 Å². The maximum absolute atomic E-state index is 3.92. The number of nitrogens with one attached hydrogen (secondary N) is 1. The Bertz CT molecular complexity index is 295. The first kappa shape index (κ1) is 13.8. The van der Waals surface area contributed by atoms with E-state index in [-0.39, 0.29) is 0 Å². The molecule has 2 bridgehead atoms. The lowest BCUT2D eigenvalue weighted by Gasteiger charge is -2.41. The van der Waals surface area contributed by atoms with Crippen molar-refractivity contribution in [3.05, 3.63) is 0 Å². The van der Waals surface area contributed by atoms with E-state index in [0.29, 0.717) is 5.41 Å². The van der Waals surface area contributed by atoms with E-state index in [1.54, 1.807) is 0 Å². The minimum atomic E-state index is 0.537. The summed E-state index contributed by atoms with van der Waals surface area (Å²) in [5.74, 6) is 0. The van der Waals surface area contributed by atoms with E-state index < -0.39 is 0 Å². The summed E-state index contributed by atoms with van der Waals surface area (Å²) in [5.41, 5.74) is 0.537. The number of rotatable bonds is 3. The van der Waals surface area contributed by atoms with Gasteiger partial charge in [0.15, 0.2) is 0 Å². The van der Waals surface area contributed by atoms with Crippen LogP contribution in [-0.4, -0.2) is 61.7 Å². The summed E-state index contributed by atoms with van der Waals surface area (Å²) in [5, 5.41) is 3.92. The Balaban J connectivity index is 1.48. The maximum atomic E-state index is 3.92. The van der Waals surface area contributed by atoms with Crippen LogP contribution in [0.2, 0.25) is 0 Å². The van der Waals surface area contributed by atoms with Crippen molar-refractivity contribution in [2.24, 2.45) is 5.41 Å². The number of fused-ring (bicyclic) bond motifs is 2. The normalized spacial score (nSPS) is 39.6. The third kappa shape index (κ3) is 2.98. The molecule has 0 aromatic heterocycles. The molecular weight excluding hydrogens is 234 g/mol. The Morgan fingerprint density at radius 2 is 1.63 bits per heavy atom. The zero-order valence-corrected chi connectivity index (χ0v) is 13.0. The highest BCUT2D eigenvalue weighted by atomic mass is 15.2. The SMILES string of the molecule is CN1CCC(C)(CNC2CC3CCC(C2)N3C)CC1. The Hall–Kier alpha value is -0.120.